The van der Waals surface area contributed by atoms with E-state index in [2.05, 4.69) is 77.7 Å². The van der Waals surface area contributed by atoms with Gasteiger partial charge in [-0.1, -0.05) is 97.1 Å². The van der Waals surface area contributed by atoms with Gasteiger partial charge in [-0.2, -0.15) is 0 Å². The summed E-state index contributed by atoms with van der Waals surface area (Å²) < 4.78 is 6.52. The van der Waals surface area contributed by atoms with Gasteiger partial charge in [0.25, 0.3) is 0 Å². The number of phenolic OH excluding ortho intramolecular Hbond substituents is 1. The monoisotopic (exact) mass is 632 g/mol. The first kappa shape index (κ1) is 28.4. The zero-order valence-corrected chi connectivity index (χ0v) is 26.2. The molecule has 0 bridgehead atoms. The van der Waals surface area contributed by atoms with Crippen LogP contribution in [0.4, 0.5) is 17.2 Å². The van der Waals surface area contributed by atoms with Gasteiger partial charge >= 0.3 is 0 Å². The number of phenols is 1. The molecule has 0 saturated heterocycles. The quantitative estimate of drug-likeness (QED) is 0.197. The highest BCUT2D eigenvalue weighted by atomic mass is 16.3. The van der Waals surface area contributed by atoms with Crippen LogP contribution in [0.15, 0.2) is 168 Å². The molecule has 0 atom stereocenters. The van der Waals surface area contributed by atoms with E-state index < -0.39 is 0 Å². The van der Waals surface area contributed by atoms with Crippen LogP contribution in [0.5, 0.6) is 5.75 Å². The van der Waals surface area contributed by atoms with Crippen molar-refractivity contribution in [3.05, 3.63) is 164 Å². The summed E-state index contributed by atoms with van der Waals surface area (Å²) in [5.74, 6) is 1.30. The maximum atomic E-state index is 10.9. The summed E-state index contributed by atoms with van der Waals surface area (Å²) in [7, 11) is 0. The van der Waals surface area contributed by atoms with E-state index in [-0.39, 0.29) is 5.75 Å². The van der Waals surface area contributed by atoms with Crippen molar-refractivity contribution >= 4 is 50.0 Å². The van der Waals surface area contributed by atoms with Crippen molar-refractivity contribution < 1.29 is 9.52 Å². The predicted octanol–water partition coefficient (Wildman–Crippen LogP) is 11.1. The number of aromatic hydroxyl groups is 1. The van der Waals surface area contributed by atoms with E-state index in [1.165, 1.54) is 0 Å². The average molecular weight is 633 g/mol. The van der Waals surface area contributed by atoms with Gasteiger partial charge < -0.3 is 9.52 Å². The molecule has 6 nitrogen and oxygen atoms in total. The summed E-state index contributed by atoms with van der Waals surface area (Å²) in [6.45, 7) is 0. The van der Waals surface area contributed by atoms with E-state index in [1.807, 2.05) is 79.0 Å². The number of hydrogen-bond acceptors (Lipinski definition) is 6. The van der Waals surface area contributed by atoms with E-state index >= 15 is 0 Å². The lowest BCUT2D eigenvalue weighted by molar-refractivity contribution is 0.477. The van der Waals surface area contributed by atoms with Crippen molar-refractivity contribution in [2.24, 2.45) is 0 Å². The topological polar surface area (TPSA) is 75.3 Å². The second-order valence-electron chi connectivity index (χ2n) is 11.8. The molecule has 6 aromatic carbocycles. The van der Waals surface area contributed by atoms with Gasteiger partial charge in [0.1, 0.15) is 28.4 Å². The smallest absolute Gasteiger partial charge is 0.180 e. The highest BCUT2D eigenvalue weighted by molar-refractivity contribution is 6.08. The molecule has 0 radical (unpaired) electrons. The Bertz CT molecular complexity index is 2630. The Balaban J connectivity index is 1.37. The summed E-state index contributed by atoms with van der Waals surface area (Å²) in [6, 6.07) is 52.5. The first-order valence-electron chi connectivity index (χ1n) is 16.1. The Hall–Kier alpha value is -6.79. The van der Waals surface area contributed by atoms with Crippen LogP contribution in [-0.4, -0.2) is 20.1 Å². The van der Waals surface area contributed by atoms with Gasteiger partial charge in [-0.05, 0) is 77.2 Å². The fourth-order valence-corrected chi connectivity index (χ4v) is 6.53. The molecule has 1 N–H and O–H groups in total. The number of hydrogen-bond donors (Lipinski definition) is 1. The number of rotatable bonds is 6. The molecule has 0 spiro atoms. The normalized spacial score (nSPS) is 11.3. The van der Waals surface area contributed by atoms with Crippen molar-refractivity contribution in [1.82, 2.24) is 15.0 Å². The van der Waals surface area contributed by atoms with Gasteiger partial charge in [-0.25, -0.2) is 15.0 Å². The number of benzene rings is 6. The van der Waals surface area contributed by atoms with Crippen molar-refractivity contribution in [3.8, 4) is 39.5 Å². The molecule has 0 unspecified atom stereocenters. The minimum Gasteiger partial charge on any atom is -0.507 e. The van der Waals surface area contributed by atoms with Crippen LogP contribution in [0.2, 0.25) is 0 Å². The lowest BCUT2D eigenvalue weighted by atomic mass is 9.98. The first-order valence-corrected chi connectivity index (χ1v) is 16.1. The van der Waals surface area contributed by atoms with E-state index in [1.54, 1.807) is 12.1 Å². The molecule has 0 aliphatic heterocycles. The van der Waals surface area contributed by atoms with Crippen LogP contribution in [0.3, 0.4) is 0 Å². The van der Waals surface area contributed by atoms with E-state index in [9.17, 15) is 5.11 Å². The molecular formula is C43H28N4O2. The van der Waals surface area contributed by atoms with Crippen LogP contribution < -0.4 is 4.90 Å². The summed E-state index contributed by atoms with van der Waals surface area (Å²) in [5.41, 5.74) is 7.93. The second-order valence-corrected chi connectivity index (χ2v) is 11.8. The van der Waals surface area contributed by atoms with Gasteiger partial charge in [0, 0.05) is 28.2 Å². The summed E-state index contributed by atoms with van der Waals surface area (Å²) in [6.07, 6.45) is 1.82. The lowest BCUT2D eigenvalue weighted by Crippen LogP contribution is -2.12. The molecule has 0 saturated carbocycles. The van der Waals surface area contributed by atoms with Crippen LogP contribution >= 0.6 is 0 Å². The maximum Gasteiger partial charge on any atom is 0.180 e. The highest BCUT2D eigenvalue weighted by Gasteiger charge is 2.23. The lowest BCUT2D eigenvalue weighted by Gasteiger charge is -2.27. The molecule has 3 aromatic heterocycles. The molecule has 9 rings (SSSR count). The largest absolute Gasteiger partial charge is 0.507 e. The third-order valence-electron chi connectivity index (χ3n) is 8.81. The van der Waals surface area contributed by atoms with Gasteiger partial charge in [0.05, 0.1) is 11.3 Å². The summed E-state index contributed by atoms with van der Waals surface area (Å²) >= 11 is 0. The predicted molar refractivity (Wildman–Crippen MR) is 197 cm³/mol. The number of furan rings is 1. The Morgan fingerprint density at radius 3 is 2.16 bits per heavy atom. The van der Waals surface area contributed by atoms with Crippen molar-refractivity contribution in [2.75, 3.05) is 4.90 Å². The molecule has 0 aliphatic carbocycles. The molecule has 232 valence electrons. The Labute approximate surface area is 282 Å². The summed E-state index contributed by atoms with van der Waals surface area (Å²) in [5, 5.41) is 14.0. The molecule has 6 heteroatoms. The average Bonchev–Trinajstić information content (AvgIpc) is 3.54. The minimum atomic E-state index is 0.108. The van der Waals surface area contributed by atoms with E-state index in [0.717, 1.165) is 50.0 Å². The molecule has 0 amide bonds. The van der Waals surface area contributed by atoms with Gasteiger partial charge in [0.15, 0.2) is 11.4 Å². The first-order chi connectivity index (χ1) is 24.2. The van der Waals surface area contributed by atoms with Crippen molar-refractivity contribution in [3.63, 3.8) is 0 Å². The third kappa shape index (κ3) is 5.03. The number of aromatic nitrogens is 3. The standard InChI is InChI=1S/C43H28N4O2/c48-37-21-8-6-18-34(37)43-45-40(42-41(46-43)35-19-7-9-22-38(35)49-42)31-25-30(28-13-2-1-3-14-28)26-32(27-31)47(39-23-10-11-24-44-39)36-20-12-16-29-15-4-5-17-33(29)36/h1-27,48H. The molecular weight excluding hydrogens is 604 g/mol. The zero-order chi connectivity index (χ0) is 32.7. The Morgan fingerprint density at radius 1 is 0.571 bits per heavy atom. The minimum absolute atomic E-state index is 0.108. The number of pyridine rings is 1. The zero-order valence-electron chi connectivity index (χ0n) is 26.2. The van der Waals surface area contributed by atoms with Gasteiger partial charge in [0.2, 0.25) is 0 Å². The van der Waals surface area contributed by atoms with Gasteiger partial charge in [-0.15, -0.1) is 0 Å². The summed E-state index contributed by atoms with van der Waals surface area (Å²) in [4.78, 5) is 17.1. The molecule has 9 aromatic rings. The van der Waals surface area contributed by atoms with Crippen LogP contribution in [-0.2, 0) is 0 Å². The molecule has 0 fully saturated rings. The van der Waals surface area contributed by atoms with Crippen LogP contribution in [0.1, 0.15) is 0 Å². The number of nitrogens with zero attached hydrogens (tertiary/aromatic N) is 4. The number of fused-ring (bicyclic) bond motifs is 4. The SMILES string of the molecule is Oc1ccccc1-c1nc(-c2cc(-c3ccccc3)cc(N(c3ccccn3)c3cccc4ccccc34)c2)c2oc3ccccc3c2n1. The number of anilines is 3. The third-order valence-corrected chi connectivity index (χ3v) is 8.81. The maximum absolute atomic E-state index is 10.9. The molecule has 3 heterocycles. The van der Waals surface area contributed by atoms with Crippen LogP contribution in [0, 0.1) is 0 Å². The molecule has 0 aliphatic rings. The van der Waals surface area contributed by atoms with E-state index in [0.29, 0.717) is 33.8 Å². The Morgan fingerprint density at radius 2 is 1.31 bits per heavy atom. The van der Waals surface area contributed by atoms with Crippen LogP contribution in [0.25, 0.3) is 66.6 Å². The number of para-hydroxylation sites is 2. The van der Waals surface area contributed by atoms with Gasteiger partial charge in [-0.3, -0.25) is 4.90 Å². The fourth-order valence-electron chi connectivity index (χ4n) is 6.53. The van der Waals surface area contributed by atoms with Crippen molar-refractivity contribution in [1.29, 1.82) is 0 Å². The second kappa shape index (κ2) is 11.8. The fraction of sp³-hybridized carbons (Fsp3) is 0. The Kier molecular flexibility index (Phi) is 6.84. The molecule has 49 heavy (non-hydrogen) atoms. The van der Waals surface area contributed by atoms with Crippen molar-refractivity contribution in [2.45, 2.75) is 0 Å². The van der Waals surface area contributed by atoms with E-state index in [4.69, 9.17) is 19.4 Å². The highest BCUT2D eigenvalue weighted by Crippen LogP contribution is 2.43.